The molecule has 1 aromatic heterocycles. The largest absolute Gasteiger partial charge is 0.490 e. The first-order chi connectivity index (χ1) is 18.4. The first-order valence-electron chi connectivity index (χ1n) is 12.3. The predicted molar refractivity (Wildman–Crippen MR) is 161 cm³/mol. The zero-order valence-corrected chi connectivity index (χ0v) is 24.8. The van der Waals surface area contributed by atoms with Gasteiger partial charge in [0, 0.05) is 16.5 Å². The lowest BCUT2D eigenvalue weighted by Crippen LogP contribution is -2.22. The fourth-order valence-corrected chi connectivity index (χ4v) is 5.05. The van der Waals surface area contributed by atoms with Crippen LogP contribution in [0, 0.1) is 14.9 Å². The second-order valence-electron chi connectivity index (χ2n) is 8.48. The van der Waals surface area contributed by atoms with Crippen molar-refractivity contribution < 1.29 is 9.47 Å². The van der Waals surface area contributed by atoms with E-state index in [9.17, 15) is 10.1 Å². The van der Waals surface area contributed by atoms with Crippen LogP contribution in [0.15, 0.2) is 69.0 Å². The fourth-order valence-electron chi connectivity index (χ4n) is 3.91. The summed E-state index contributed by atoms with van der Waals surface area (Å²) >= 11 is 5.64. The zero-order valence-electron chi connectivity index (χ0n) is 21.1. The summed E-state index contributed by atoms with van der Waals surface area (Å²) in [5.74, 6) is 1.78. The summed E-state index contributed by atoms with van der Waals surface area (Å²) in [5, 5.41) is 14.4. The van der Waals surface area contributed by atoms with Crippen molar-refractivity contribution in [1.82, 2.24) is 9.66 Å². The van der Waals surface area contributed by atoms with Crippen molar-refractivity contribution in [2.24, 2.45) is 5.10 Å². The van der Waals surface area contributed by atoms with Crippen LogP contribution in [0.2, 0.25) is 0 Å². The topological polar surface area (TPSA) is 89.5 Å². The van der Waals surface area contributed by atoms with Crippen molar-refractivity contribution in [2.45, 2.75) is 39.7 Å². The van der Waals surface area contributed by atoms with Crippen molar-refractivity contribution in [2.75, 3.05) is 6.61 Å². The second kappa shape index (κ2) is 13.0. The second-order valence-corrected chi connectivity index (χ2v) is 10.6. The van der Waals surface area contributed by atoms with Gasteiger partial charge in [-0.1, -0.05) is 47.5 Å². The van der Waals surface area contributed by atoms with Gasteiger partial charge < -0.3 is 9.47 Å². The fraction of sp³-hybridized carbons (Fsp3) is 0.241. The lowest BCUT2D eigenvalue weighted by Gasteiger charge is -2.15. The first kappa shape index (κ1) is 27.8. The van der Waals surface area contributed by atoms with Crippen LogP contribution in [-0.4, -0.2) is 22.5 Å². The van der Waals surface area contributed by atoms with Crippen molar-refractivity contribution >= 4 is 55.6 Å². The minimum Gasteiger partial charge on any atom is -0.490 e. The SMILES string of the molecule is CCCCc1nc2ccc(Br)cc2c(=O)n1N=Cc1cc(I)c(OCc2ccccc2C#N)c(OCC)c1. The Morgan fingerprint density at radius 1 is 1.16 bits per heavy atom. The highest BCUT2D eigenvalue weighted by Crippen LogP contribution is 2.34. The van der Waals surface area contributed by atoms with Crippen LogP contribution in [0.25, 0.3) is 10.9 Å². The van der Waals surface area contributed by atoms with Gasteiger partial charge in [0.25, 0.3) is 5.56 Å². The Balaban J connectivity index is 1.70. The van der Waals surface area contributed by atoms with E-state index in [2.05, 4.69) is 56.6 Å². The number of unbranched alkanes of at least 4 members (excludes halogenated alkanes) is 1. The van der Waals surface area contributed by atoms with E-state index in [1.54, 1.807) is 18.3 Å². The minimum atomic E-state index is -0.213. The van der Waals surface area contributed by atoms with Gasteiger partial charge in [-0.15, -0.1) is 0 Å². The minimum absolute atomic E-state index is 0.213. The number of hydrogen-bond donors (Lipinski definition) is 0. The Labute approximate surface area is 243 Å². The molecule has 7 nitrogen and oxygen atoms in total. The number of benzene rings is 3. The molecule has 0 radical (unpaired) electrons. The summed E-state index contributed by atoms with van der Waals surface area (Å²) in [6.07, 6.45) is 4.17. The molecule has 1 heterocycles. The normalized spacial score (nSPS) is 11.1. The molecule has 9 heteroatoms. The van der Waals surface area contributed by atoms with E-state index < -0.39 is 0 Å². The average molecular weight is 685 g/mol. The van der Waals surface area contributed by atoms with Gasteiger partial charge in [0.05, 0.1) is 38.9 Å². The van der Waals surface area contributed by atoms with Gasteiger partial charge in [-0.3, -0.25) is 4.79 Å². The molecule has 194 valence electrons. The third-order valence-electron chi connectivity index (χ3n) is 5.79. The lowest BCUT2D eigenvalue weighted by molar-refractivity contribution is 0.267. The van der Waals surface area contributed by atoms with E-state index in [-0.39, 0.29) is 12.2 Å². The van der Waals surface area contributed by atoms with Gasteiger partial charge in [0.2, 0.25) is 0 Å². The molecular weight excluding hydrogens is 659 g/mol. The van der Waals surface area contributed by atoms with Gasteiger partial charge in [-0.05, 0) is 77.9 Å². The van der Waals surface area contributed by atoms with Crippen molar-refractivity contribution in [3.05, 3.63) is 95.5 Å². The van der Waals surface area contributed by atoms with E-state index in [1.165, 1.54) is 4.68 Å². The van der Waals surface area contributed by atoms with Crippen LogP contribution in [-0.2, 0) is 13.0 Å². The maximum Gasteiger partial charge on any atom is 0.282 e. The zero-order chi connectivity index (χ0) is 27.1. The summed E-state index contributed by atoms with van der Waals surface area (Å²) < 4.78 is 15.0. The van der Waals surface area contributed by atoms with E-state index in [1.807, 2.05) is 49.4 Å². The number of nitriles is 1. The number of aryl methyl sites for hydroxylation is 1. The van der Waals surface area contributed by atoms with Crippen molar-refractivity contribution in [3.63, 3.8) is 0 Å². The highest BCUT2D eigenvalue weighted by atomic mass is 127. The molecule has 3 aromatic carbocycles. The molecule has 0 spiro atoms. The molecule has 0 N–H and O–H groups in total. The molecule has 0 saturated carbocycles. The Morgan fingerprint density at radius 2 is 1.97 bits per heavy atom. The smallest absolute Gasteiger partial charge is 0.282 e. The number of halogens is 2. The molecule has 0 unspecified atom stereocenters. The van der Waals surface area contributed by atoms with Crippen molar-refractivity contribution in [3.8, 4) is 17.6 Å². The van der Waals surface area contributed by atoms with Gasteiger partial charge in [-0.25, -0.2) is 4.98 Å². The lowest BCUT2D eigenvalue weighted by atomic mass is 10.1. The van der Waals surface area contributed by atoms with E-state index in [0.717, 1.165) is 32.0 Å². The van der Waals surface area contributed by atoms with Crippen LogP contribution in [0.4, 0.5) is 0 Å². The molecule has 4 aromatic rings. The number of hydrogen-bond acceptors (Lipinski definition) is 6. The number of fused-ring (bicyclic) bond motifs is 1. The number of nitrogens with zero attached hydrogens (tertiary/aromatic N) is 4. The Morgan fingerprint density at radius 3 is 2.74 bits per heavy atom. The summed E-state index contributed by atoms with van der Waals surface area (Å²) in [5.41, 5.74) is 2.57. The molecule has 0 aliphatic rings. The Bertz CT molecular complexity index is 1590. The van der Waals surface area contributed by atoms with Crippen molar-refractivity contribution in [1.29, 1.82) is 5.26 Å². The van der Waals surface area contributed by atoms with Crippen LogP contribution < -0.4 is 15.0 Å². The monoisotopic (exact) mass is 684 g/mol. The average Bonchev–Trinajstić information content (AvgIpc) is 2.91. The maximum atomic E-state index is 13.4. The third-order valence-corrected chi connectivity index (χ3v) is 7.09. The molecule has 0 bridgehead atoms. The van der Waals surface area contributed by atoms with Gasteiger partial charge in [-0.2, -0.15) is 15.0 Å². The van der Waals surface area contributed by atoms with Gasteiger partial charge in [0.1, 0.15) is 12.4 Å². The summed E-state index contributed by atoms with van der Waals surface area (Å²) in [6.45, 7) is 4.69. The quantitative estimate of drug-likeness (QED) is 0.135. The van der Waals surface area contributed by atoms with E-state index in [0.29, 0.717) is 46.8 Å². The number of aromatic nitrogens is 2. The highest BCUT2D eigenvalue weighted by Gasteiger charge is 2.14. The Kier molecular flexibility index (Phi) is 9.53. The van der Waals surface area contributed by atoms with Gasteiger partial charge in [0.15, 0.2) is 11.5 Å². The molecule has 0 atom stereocenters. The summed E-state index contributed by atoms with van der Waals surface area (Å²) in [4.78, 5) is 18.1. The number of ether oxygens (including phenoxy) is 2. The van der Waals surface area contributed by atoms with Crippen LogP contribution in [0.5, 0.6) is 11.5 Å². The molecule has 0 aliphatic heterocycles. The molecule has 4 rings (SSSR count). The van der Waals surface area contributed by atoms with E-state index in [4.69, 9.17) is 14.5 Å². The first-order valence-corrected chi connectivity index (χ1v) is 14.1. The molecule has 0 fully saturated rings. The molecule has 0 aliphatic carbocycles. The summed E-state index contributed by atoms with van der Waals surface area (Å²) in [7, 11) is 0. The number of rotatable bonds is 10. The molecule has 38 heavy (non-hydrogen) atoms. The highest BCUT2D eigenvalue weighted by molar-refractivity contribution is 14.1. The maximum absolute atomic E-state index is 13.4. The van der Waals surface area contributed by atoms with Crippen LogP contribution in [0.3, 0.4) is 0 Å². The van der Waals surface area contributed by atoms with Crippen LogP contribution >= 0.6 is 38.5 Å². The Hall–Kier alpha value is -3.23. The summed E-state index contributed by atoms with van der Waals surface area (Å²) in [6, 6.07) is 18.8. The van der Waals surface area contributed by atoms with Crippen LogP contribution in [0.1, 0.15) is 49.2 Å². The third kappa shape index (κ3) is 6.42. The van der Waals surface area contributed by atoms with E-state index >= 15 is 0 Å². The van der Waals surface area contributed by atoms with Gasteiger partial charge >= 0.3 is 0 Å². The molecular formula is C29H26BrIN4O3. The molecule has 0 amide bonds. The predicted octanol–water partition coefficient (Wildman–Crippen LogP) is 6.84. The molecule has 0 saturated heterocycles. The standard InChI is InChI=1S/C29H26BrIN4O3/c1-3-5-10-27-34-25-12-11-22(30)15-23(25)29(36)35(27)33-17-19-13-24(31)28(26(14-19)37-4-2)38-18-21-9-7-6-8-20(21)16-32/h6-9,11-15,17H,3-5,10,18H2,1-2H3.